The highest BCUT2D eigenvalue weighted by molar-refractivity contribution is 5.89. The summed E-state index contributed by atoms with van der Waals surface area (Å²) in [5, 5.41) is 6.78. The monoisotopic (exact) mass is 347 g/mol. The van der Waals surface area contributed by atoms with Gasteiger partial charge in [-0.2, -0.15) is 5.10 Å². The van der Waals surface area contributed by atoms with Crippen LogP contribution in [0.4, 0.5) is 0 Å². The largest absolute Gasteiger partial charge is 0.288 e. The van der Waals surface area contributed by atoms with Crippen LogP contribution < -0.4 is 0 Å². The molecule has 3 aromatic rings. The van der Waals surface area contributed by atoms with Gasteiger partial charge in [0.15, 0.2) is 0 Å². The van der Waals surface area contributed by atoms with Gasteiger partial charge in [0.1, 0.15) is 0 Å². The highest BCUT2D eigenvalue weighted by Crippen LogP contribution is 2.16. The van der Waals surface area contributed by atoms with E-state index in [0.29, 0.717) is 0 Å². The molecule has 3 nitrogen and oxygen atoms in total. The highest BCUT2D eigenvalue weighted by Gasteiger charge is 2.01. The van der Waals surface area contributed by atoms with Crippen molar-refractivity contribution in [2.45, 2.75) is 27.7 Å². The molecule has 2 heterocycles. The van der Waals surface area contributed by atoms with Crippen LogP contribution in [0.1, 0.15) is 33.3 Å². The second kappa shape index (κ2) is 13.4. The summed E-state index contributed by atoms with van der Waals surface area (Å²) in [4.78, 5) is 4.12. The van der Waals surface area contributed by atoms with Gasteiger partial charge in [0, 0.05) is 12.4 Å². The Balaban J connectivity index is 0.000000219. The first-order valence-electron chi connectivity index (χ1n) is 9.23. The van der Waals surface area contributed by atoms with Crippen LogP contribution in [0, 0.1) is 0 Å². The molecule has 1 aliphatic rings. The molecule has 0 saturated carbocycles. The van der Waals surface area contributed by atoms with Crippen LogP contribution in [0.25, 0.3) is 16.8 Å². The van der Waals surface area contributed by atoms with E-state index in [2.05, 4.69) is 45.5 Å². The molecule has 136 valence electrons. The Morgan fingerprint density at radius 3 is 1.77 bits per heavy atom. The summed E-state index contributed by atoms with van der Waals surface area (Å²) in [5.41, 5.74) is 4.83. The van der Waals surface area contributed by atoms with Gasteiger partial charge in [-0.25, -0.2) is 0 Å². The number of hydrogen-bond donors (Lipinski definition) is 1. The number of aliphatic imine (C=N–C) groups is 1. The third-order valence-electron chi connectivity index (χ3n) is 3.37. The molecule has 1 aromatic heterocycles. The maximum Gasteiger partial charge on any atom is 0.0650 e. The lowest BCUT2D eigenvalue weighted by atomic mass is 10.1. The fourth-order valence-corrected chi connectivity index (χ4v) is 2.22. The lowest BCUT2D eigenvalue weighted by Gasteiger charge is -1.98. The second-order valence-electron chi connectivity index (χ2n) is 4.88. The summed E-state index contributed by atoms with van der Waals surface area (Å²) in [6.07, 6.45) is 5.68. The van der Waals surface area contributed by atoms with E-state index in [0.717, 1.165) is 12.2 Å². The van der Waals surface area contributed by atoms with E-state index in [-0.39, 0.29) is 0 Å². The predicted molar refractivity (Wildman–Crippen MR) is 114 cm³/mol. The number of allylic oxidation sites excluding steroid dienone is 1. The van der Waals surface area contributed by atoms with E-state index in [9.17, 15) is 0 Å². The van der Waals surface area contributed by atoms with Crippen LogP contribution in [-0.4, -0.2) is 23.0 Å². The van der Waals surface area contributed by atoms with Crippen molar-refractivity contribution in [2.24, 2.45) is 4.99 Å². The number of aromatic amines is 1. The summed E-state index contributed by atoms with van der Waals surface area (Å²) in [6.45, 7) is 8.84. The molecule has 26 heavy (non-hydrogen) atoms. The molecule has 0 fully saturated rings. The van der Waals surface area contributed by atoms with Crippen LogP contribution >= 0.6 is 0 Å². The van der Waals surface area contributed by atoms with Crippen molar-refractivity contribution in [1.29, 1.82) is 0 Å². The molecule has 1 aliphatic heterocycles. The standard InChI is InChI=1S/C10H9N.C9H8N2.2C2H6/c1-2-4-9(5-3-1)10-6-7-11-8-10;1-2-4-8(5-3-1)9-6-7-10-11-9;2*1-2/h1-7H,8H2;1-7H,(H,10,11);2*1-2H3. The first kappa shape index (κ1) is 21.1. The molecule has 0 atom stereocenters. The fraction of sp³-hybridized carbons (Fsp3) is 0.217. The maximum atomic E-state index is 4.12. The van der Waals surface area contributed by atoms with Gasteiger partial charge in [0.2, 0.25) is 0 Å². The minimum Gasteiger partial charge on any atom is -0.288 e. The summed E-state index contributed by atoms with van der Waals surface area (Å²) >= 11 is 0. The molecule has 0 aliphatic carbocycles. The Labute approximate surface area is 157 Å². The summed E-state index contributed by atoms with van der Waals surface area (Å²) in [6, 6.07) is 22.4. The lowest BCUT2D eigenvalue weighted by Crippen LogP contribution is -1.82. The van der Waals surface area contributed by atoms with Gasteiger partial charge in [0.05, 0.1) is 12.2 Å². The average molecular weight is 348 g/mol. The molecule has 1 N–H and O–H groups in total. The maximum absolute atomic E-state index is 4.12. The normalized spacial score (nSPS) is 11.0. The van der Waals surface area contributed by atoms with Gasteiger partial charge >= 0.3 is 0 Å². The molecule has 2 aromatic carbocycles. The average Bonchev–Trinajstić information content (AvgIpc) is 3.47. The zero-order chi connectivity index (χ0) is 19.0. The Kier molecular flexibility index (Phi) is 10.8. The van der Waals surface area contributed by atoms with Gasteiger partial charge in [0.25, 0.3) is 0 Å². The predicted octanol–water partition coefficient (Wildman–Crippen LogP) is 6.28. The van der Waals surface area contributed by atoms with E-state index in [1.807, 2.05) is 76.4 Å². The number of hydrogen-bond acceptors (Lipinski definition) is 2. The van der Waals surface area contributed by atoms with Gasteiger partial charge in [-0.15, -0.1) is 0 Å². The van der Waals surface area contributed by atoms with Crippen molar-refractivity contribution in [1.82, 2.24) is 10.2 Å². The first-order chi connectivity index (χ1) is 12.9. The summed E-state index contributed by atoms with van der Waals surface area (Å²) in [5.74, 6) is 0. The number of nitrogens with zero attached hydrogens (tertiary/aromatic N) is 2. The molecule has 0 amide bonds. The first-order valence-corrected chi connectivity index (χ1v) is 9.23. The minimum absolute atomic E-state index is 0.837. The third-order valence-corrected chi connectivity index (χ3v) is 3.37. The number of rotatable bonds is 2. The van der Waals surface area contributed by atoms with Crippen molar-refractivity contribution >= 4 is 11.8 Å². The van der Waals surface area contributed by atoms with Crippen molar-refractivity contribution in [3.63, 3.8) is 0 Å². The van der Waals surface area contributed by atoms with Crippen molar-refractivity contribution < 1.29 is 0 Å². The van der Waals surface area contributed by atoms with Gasteiger partial charge in [-0.05, 0) is 28.8 Å². The summed E-state index contributed by atoms with van der Waals surface area (Å²) in [7, 11) is 0. The summed E-state index contributed by atoms with van der Waals surface area (Å²) < 4.78 is 0. The molecule has 4 rings (SSSR count). The molecular weight excluding hydrogens is 318 g/mol. The van der Waals surface area contributed by atoms with Crippen LogP contribution in [0.2, 0.25) is 0 Å². The molecule has 0 unspecified atom stereocenters. The highest BCUT2D eigenvalue weighted by atomic mass is 15.1. The van der Waals surface area contributed by atoms with Crippen LogP contribution in [0.3, 0.4) is 0 Å². The fourth-order valence-electron chi connectivity index (χ4n) is 2.22. The zero-order valence-corrected chi connectivity index (χ0v) is 16.2. The van der Waals surface area contributed by atoms with Crippen molar-refractivity contribution in [2.75, 3.05) is 6.54 Å². The molecule has 0 radical (unpaired) electrons. The van der Waals surface area contributed by atoms with Gasteiger partial charge in [-0.3, -0.25) is 10.1 Å². The van der Waals surface area contributed by atoms with E-state index in [1.165, 1.54) is 16.7 Å². The molecule has 0 bridgehead atoms. The van der Waals surface area contributed by atoms with Gasteiger partial charge < -0.3 is 0 Å². The van der Waals surface area contributed by atoms with Crippen LogP contribution in [0.15, 0.2) is 84.0 Å². The smallest absolute Gasteiger partial charge is 0.0650 e. The molecule has 3 heteroatoms. The van der Waals surface area contributed by atoms with E-state index < -0.39 is 0 Å². The van der Waals surface area contributed by atoms with Crippen LogP contribution in [0.5, 0.6) is 0 Å². The zero-order valence-electron chi connectivity index (χ0n) is 16.2. The number of H-pyrrole nitrogens is 1. The van der Waals surface area contributed by atoms with Gasteiger partial charge in [-0.1, -0.05) is 88.4 Å². The Morgan fingerprint density at radius 2 is 1.31 bits per heavy atom. The number of nitrogens with one attached hydrogen (secondary N) is 1. The minimum atomic E-state index is 0.837. The molecule has 0 saturated heterocycles. The quantitative estimate of drug-likeness (QED) is 0.582. The van der Waals surface area contributed by atoms with Crippen LogP contribution in [-0.2, 0) is 0 Å². The molecule has 0 spiro atoms. The Morgan fingerprint density at radius 1 is 0.731 bits per heavy atom. The van der Waals surface area contributed by atoms with E-state index in [4.69, 9.17) is 0 Å². The Bertz CT molecular complexity index is 743. The number of aromatic nitrogens is 2. The van der Waals surface area contributed by atoms with E-state index in [1.54, 1.807) is 6.20 Å². The third kappa shape index (κ3) is 6.89. The molecular formula is C23H29N3. The Hall–Kier alpha value is -2.94. The van der Waals surface area contributed by atoms with E-state index >= 15 is 0 Å². The lowest BCUT2D eigenvalue weighted by molar-refractivity contribution is 1.10. The number of benzene rings is 2. The van der Waals surface area contributed by atoms with Crippen molar-refractivity contribution in [3.8, 4) is 11.3 Å². The topological polar surface area (TPSA) is 41.0 Å². The van der Waals surface area contributed by atoms with Crippen molar-refractivity contribution in [3.05, 3.63) is 84.6 Å². The SMILES string of the molecule is C1=NCC(c2ccccc2)=C1.CC.CC.c1ccc(-c2ccn[nH]2)cc1. The second-order valence-corrected chi connectivity index (χ2v) is 4.88.